The maximum atomic E-state index is 15.1. The first-order valence-electron chi connectivity index (χ1n) is 23.2. The Morgan fingerprint density at radius 2 is 1.83 bits per heavy atom. The van der Waals surface area contributed by atoms with Gasteiger partial charge in [0.2, 0.25) is 0 Å². The number of hydrogen-bond donors (Lipinski definition) is 8. The number of allylic oxidation sites excluding steroid dienone is 3. The second-order valence-corrected chi connectivity index (χ2v) is 20.0. The summed E-state index contributed by atoms with van der Waals surface area (Å²) in [6, 6.07) is 0. The zero-order valence-electron chi connectivity index (χ0n) is 36.6. The van der Waals surface area contributed by atoms with E-state index in [0.717, 1.165) is 31.3 Å². The molecular weight excluding hydrogens is 735 g/mol. The first-order valence-corrected chi connectivity index (χ1v) is 23.2. The predicted octanol–water partition coefficient (Wildman–Crippen LogP) is 5.53. The number of ketones is 1. The van der Waals surface area contributed by atoms with Crippen LogP contribution in [0, 0.1) is 40.4 Å². The van der Waals surface area contributed by atoms with Gasteiger partial charge >= 0.3 is 0 Å². The van der Waals surface area contributed by atoms with Crippen molar-refractivity contribution in [3.8, 4) is 0 Å². The Hall–Kier alpha value is -1.83. The molecule has 0 aromatic carbocycles. The quantitative estimate of drug-likeness (QED) is 0.0768. The summed E-state index contributed by atoms with van der Waals surface area (Å²) >= 11 is 0. The number of nitrogens with one attached hydrogen (secondary N) is 2. The average Bonchev–Trinajstić information content (AvgIpc) is 3.69. The summed E-state index contributed by atoms with van der Waals surface area (Å²) in [6.07, 6.45) is 14.5. The van der Waals surface area contributed by atoms with Crippen LogP contribution >= 0.6 is 0 Å². The smallest absolute Gasteiger partial charge is 0.182 e. The third-order valence-corrected chi connectivity index (χ3v) is 16.2. The summed E-state index contributed by atoms with van der Waals surface area (Å²) in [6.45, 7) is 13.7. The molecule has 4 aliphatic carbocycles. The number of Topliss-reactive ketones (excluding diaryl/α,β-unsaturated/α-hetero) is 1. The monoisotopic (exact) mass is 814 g/mol. The van der Waals surface area contributed by atoms with E-state index in [-0.39, 0.29) is 55.2 Å². The summed E-state index contributed by atoms with van der Waals surface area (Å²) in [5, 5.41) is 66.2. The summed E-state index contributed by atoms with van der Waals surface area (Å²) in [5.41, 5.74) is 3.72. The maximum Gasteiger partial charge on any atom is 0.182 e. The zero-order chi connectivity index (χ0) is 42.0. The maximum absolute atomic E-state index is 15.1. The van der Waals surface area contributed by atoms with Crippen molar-refractivity contribution in [2.45, 2.75) is 192 Å². The van der Waals surface area contributed by atoms with Crippen LogP contribution in [0.1, 0.15) is 144 Å². The molecule has 2 heterocycles. The fourth-order valence-corrected chi connectivity index (χ4v) is 12.9. The van der Waals surface area contributed by atoms with Gasteiger partial charge in [-0.3, -0.25) is 4.79 Å². The lowest BCUT2D eigenvalue weighted by Crippen LogP contribution is -2.66. The number of carbonyl (C=O) groups excluding carboxylic acids is 1. The fraction of sp³-hybridized carbons (Fsp3) is 0.851. The molecule has 0 spiro atoms. The minimum Gasteiger partial charge on any atom is -0.392 e. The van der Waals surface area contributed by atoms with Gasteiger partial charge in [-0.2, -0.15) is 0 Å². The number of fused-ring (bicyclic) bond motifs is 5. The Morgan fingerprint density at radius 1 is 1.09 bits per heavy atom. The van der Waals surface area contributed by atoms with Crippen molar-refractivity contribution in [2.24, 2.45) is 46.2 Å². The lowest BCUT2D eigenvalue weighted by molar-refractivity contribution is -0.210. The van der Waals surface area contributed by atoms with Gasteiger partial charge in [-0.25, -0.2) is 0 Å². The van der Waals surface area contributed by atoms with Crippen molar-refractivity contribution >= 4 is 5.78 Å². The van der Waals surface area contributed by atoms with Crippen molar-refractivity contribution in [3.05, 3.63) is 35.2 Å². The van der Waals surface area contributed by atoms with Crippen LogP contribution in [0.3, 0.4) is 0 Å². The van der Waals surface area contributed by atoms with Crippen LogP contribution < -0.4 is 16.4 Å². The SMILES string of the molecule is CCCCCC[C@@H]1CO[C@@H]([C@@H](OCCCCC)[C@](C)(O)[C@H]2CC[C@@]3(O)C4=C(NC[C@H](C)O)C(=O)[C@@H]5C[C@@H](O)[C@@H](O)C[C@]5(CCC5=CNC(N)C=C5)[C@H]4CC[C@]23C)[C@H]1C. The highest BCUT2D eigenvalue weighted by molar-refractivity contribution is 6.00. The molecule has 0 bridgehead atoms. The van der Waals surface area contributed by atoms with Crippen LogP contribution in [0.5, 0.6) is 0 Å². The van der Waals surface area contributed by atoms with E-state index < -0.39 is 52.4 Å². The fourth-order valence-electron chi connectivity index (χ4n) is 12.9. The number of unbranched alkanes of at least 4 members (excludes halogenated alkanes) is 5. The summed E-state index contributed by atoms with van der Waals surface area (Å²) in [4.78, 5) is 15.1. The average molecular weight is 814 g/mol. The number of nitrogens with two attached hydrogens (primary N) is 1. The van der Waals surface area contributed by atoms with E-state index in [9.17, 15) is 25.5 Å². The molecule has 3 saturated carbocycles. The Bertz CT molecular complexity index is 1510. The molecule has 58 heavy (non-hydrogen) atoms. The topological polar surface area (TPSA) is 187 Å². The van der Waals surface area contributed by atoms with E-state index in [2.05, 4.69) is 38.3 Å². The molecule has 330 valence electrons. The third kappa shape index (κ3) is 8.51. The van der Waals surface area contributed by atoms with E-state index in [1.807, 2.05) is 25.3 Å². The number of aliphatic hydroxyl groups excluding tert-OH is 3. The summed E-state index contributed by atoms with van der Waals surface area (Å²) in [7, 11) is 0. The standard InChI is InChI=1S/C47H79N3O8/c1-7-9-11-12-14-32-28-58-42(30(32)4)43(57-23-13-10-8-2)45(6,55)37-19-22-47(56)39-33(18-20-44(37,47)5)46(21-17-31-15-16-38(48)49-27-31)25-36(53)35(52)24-34(46)41(54)40(39)50-26-29(3)51/h15-16,27,29-30,32-38,42-43,49-53,55-56H,7-14,17-26,28,48H2,1-6H3/t29-,30-,32+,33-,34-,35+,36-,37-,38?,42+,43+,44+,45+,46+,47+/m0/s1. The Balaban J connectivity index is 1.38. The molecule has 15 atom stereocenters. The van der Waals surface area contributed by atoms with Crippen molar-refractivity contribution in [2.75, 3.05) is 19.8 Å². The van der Waals surface area contributed by atoms with Gasteiger partial charge in [-0.05, 0) is 124 Å². The van der Waals surface area contributed by atoms with Gasteiger partial charge in [-0.1, -0.05) is 72.3 Å². The highest BCUT2D eigenvalue weighted by Gasteiger charge is 2.71. The molecule has 0 aromatic rings. The van der Waals surface area contributed by atoms with Gasteiger partial charge in [0.05, 0.1) is 54.1 Å². The Morgan fingerprint density at radius 3 is 2.52 bits per heavy atom. The zero-order valence-corrected chi connectivity index (χ0v) is 36.6. The van der Waals surface area contributed by atoms with Crippen molar-refractivity contribution in [1.29, 1.82) is 0 Å². The molecule has 11 nitrogen and oxygen atoms in total. The van der Waals surface area contributed by atoms with Crippen LogP contribution in [0.25, 0.3) is 0 Å². The lowest BCUT2D eigenvalue weighted by Gasteiger charge is -2.62. The molecule has 1 unspecified atom stereocenters. The lowest BCUT2D eigenvalue weighted by atomic mass is 9.43. The van der Waals surface area contributed by atoms with Crippen LogP contribution in [0.2, 0.25) is 0 Å². The molecule has 0 radical (unpaired) electrons. The molecular formula is C47H79N3O8. The molecule has 0 aromatic heterocycles. The predicted molar refractivity (Wildman–Crippen MR) is 226 cm³/mol. The van der Waals surface area contributed by atoms with Crippen molar-refractivity contribution in [3.63, 3.8) is 0 Å². The van der Waals surface area contributed by atoms with Gasteiger partial charge in [0.1, 0.15) is 6.10 Å². The molecule has 2 aliphatic heterocycles. The molecule has 11 heteroatoms. The largest absolute Gasteiger partial charge is 0.392 e. The summed E-state index contributed by atoms with van der Waals surface area (Å²) < 4.78 is 13.4. The van der Waals surface area contributed by atoms with Crippen molar-refractivity contribution in [1.82, 2.24) is 10.6 Å². The van der Waals surface area contributed by atoms with E-state index in [4.69, 9.17) is 15.2 Å². The molecule has 9 N–H and O–H groups in total. The van der Waals surface area contributed by atoms with Crippen LogP contribution in [-0.4, -0.2) is 99.0 Å². The van der Waals surface area contributed by atoms with Crippen LogP contribution in [-0.2, 0) is 14.3 Å². The number of aliphatic hydroxyl groups is 5. The number of carbonyl (C=O) groups is 1. The summed E-state index contributed by atoms with van der Waals surface area (Å²) in [5.74, 6) is -0.797. The molecule has 6 aliphatic rings. The molecule has 4 fully saturated rings. The van der Waals surface area contributed by atoms with Crippen molar-refractivity contribution < 1.29 is 39.8 Å². The minimum absolute atomic E-state index is 0.129. The third-order valence-electron chi connectivity index (χ3n) is 16.2. The van der Waals surface area contributed by atoms with Crippen LogP contribution in [0.4, 0.5) is 0 Å². The molecule has 0 amide bonds. The van der Waals surface area contributed by atoms with Gasteiger partial charge in [-0.15, -0.1) is 0 Å². The normalized spacial score (nSPS) is 40.6. The minimum atomic E-state index is -1.46. The first-order chi connectivity index (χ1) is 27.6. The first kappa shape index (κ1) is 45.7. The van der Waals surface area contributed by atoms with E-state index >= 15 is 4.79 Å². The highest BCUT2D eigenvalue weighted by Crippen LogP contribution is 2.70. The van der Waals surface area contributed by atoms with Gasteiger partial charge in [0.15, 0.2) is 5.78 Å². The van der Waals surface area contributed by atoms with Gasteiger partial charge in [0, 0.05) is 30.7 Å². The second-order valence-electron chi connectivity index (χ2n) is 20.0. The van der Waals surface area contributed by atoms with E-state index in [1.54, 1.807) is 6.92 Å². The van der Waals surface area contributed by atoms with Crippen LogP contribution in [0.15, 0.2) is 35.2 Å². The van der Waals surface area contributed by atoms with E-state index in [1.165, 1.54) is 25.7 Å². The number of hydrogen-bond acceptors (Lipinski definition) is 11. The molecule has 6 rings (SSSR count). The Labute approximate surface area is 348 Å². The van der Waals surface area contributed by atoms with Gasteiger partial charge in [0.25, 0.3) is 0 Å². The molecule has 1 saturated heterocycles. The number of rotatable bonds is 19. The van der Waals surface area contributed by atoms with Gasteiger partial charge < -0.3 is 51.4 Å². The van der Waals surface area contributed by atoms with E-state index in [0.29, 0.717) is 68.9 Å². The highest BCUT2D eigenvalue weighted by atomic mass is 16.6. The Kier molecular flexibility index (Phi) is 14.7. The second kappa shape index (κ2) is 18.6. The number of ether oxygens (including phenoxy) is 2. The number of dihydropyridines is 1.